The van der Waals surface area contributed by atoms with Crippen molar-refractivity contribution >= 4 is 17.4 Å². The molecular weight excluding hydrogens is 374 g/mol. The second-order valence-corrected chi connectivity index (χ2v) is 6.76. The summed E-state index contributed by atoms with van der Waals surface area (Å²) in [4.78, 5) is 31.1. The van der Waals surface area contributed by atoms with Crippen LogP contribution in [0, 0.1) is 17.0 Å². The van der Waals surface area contributed by atoms with Crippen molar-refractivity contribution in [2.24, 2.45) is 0 Å². The second-order valence-electron chi connectivity index (χ2n) is 6.76. The fourth-order valence-corrected chi connectivity index (χ4v) is 3.33. The summed E-state index contributed by atoms with van der Waals surface area (Å²) in [6, 6.07) is 8.25. The van der Waals surface area contributed by atoms with Crippen LogP contribution in [0.4, 0.5) is 11.5 Å². The maximum Gasteiger partial charge on any atom is 0.272 e. The Kier molecular flexibility index (Phi) is 4.90. The monoisotopic (exact) mass is 393 g/mol. The first kappa shape index (κ1) is 18.5. The SMILES string of the molecule is Cc1cc(C(=O)N2CCN(c3ccc(-n4ccnc4)nn3)CC2)ccc1[N+](=O)[O-]. The molecular formula is C19H19N7O3. The second kappa shape index (κ2) is 7.66. The van der Waals surface area contributed by atoms with Crippen molar-refractivity contribution in [3.8, 4) is 5.82 Å². The third kappa shape index (κ3) is 3.77. The highest BCUT2D eigenvalue weighted by molar-refractivity contribution is 5.95. The number of amides is 1. The number of aromatic nitrogens is 4. The molecule has 1 saturated heterocycles. The van der Waals surface area contributed by atoms with Crippen LogP contribution in [0.2, 0.25) is 0 Å². The number of piperazine rings is 1. The number of benzene rings is 1. The number of nitrogens with zero attached hydrogens (tertiary/aromatic N) is 7. The van der Waals surface area contributed by atoms with Gasteiger partial charge in [-0.25, -0.2) is 4.98 Å². The van der Waals surface area contributed by atoms with E-state index in [1.807, 2.05) is 12.1 Å². The Morgan fingerprint density at radius 3 is 2.38 bits per heavy atom. The van der Waals surface area contributed by atoms with Crippen molar-refractivity contribution < 1.29 is 9.72 Å². The molecule has 0 radical (unpaired) electrons. The van der Waals surface area contributed by atoms with Crippen LogP contribution in [0.3, 0.4) is 0 Å². The van der Waals surface area contributed by atoms with Gasteiger partial charge >= 0.3 is 0 Å². The molecule has 10 heteroatoms. The highest BCUT2D eigenvalue weighted by atomic mass is 16.6. The summed E-state index contributed by atoms with van der Waals surface area (Å²) in [5, 5.41) is 19.5. The van der Waals surface area contributed by atoms with Gasteiger partial charge in [0.1, 0.15) is 6.33 Å². The van der Waals surface area contributed by atoms with E-state index in [-0.39, 0.29) is 11.6 Å². The summed E-state index contributed by atoms with van der Waals surface area (Å²) in [5.41, 5.74) is 0.961. The zero-order valence-corrected chi connectivity index (χ0v) is 15.8. The molecule has 1 amide bonds. The van der Waals surface area contributed by atoms with Gasteiger partial charge in [-0.15, -0.1) is 10.2 Å². The third-order valence-electron chi connectivity index (χ3n) is 4.94. The van der Waals surface area contributed by atoms with E-state index >= 15 is 0 Å². The van der Waals surface area contributed by atoms with Crippen LogP contribution in [0.25, 0.3) is 5.82 Å². The van der Waals surface area contributed by atoms with Crippen LogP contribution in [0.5, 0.6) is 0 Å². The molecule has 0 aliphatic carbocycles. The summed E-state index contributed by atoms with van der Waals surface area (Å²) >= 11 is 0. The zero-order chi connectivity index (χ0) is 20.4. The highest BCUT2D eigenvalue weighted by Gasteiger charge is 2.24. The molecule has 0 unspecified atom stereocenters. The molecule has 2 aromatic heterocycles. The first-order valence-corrected chi connectivity index (χ1v) is 9.14. The Labute approximate surface area is 166 Å². The number of anilines is 1. The van der Waals surface area contributed by atoms with Crippen LogP contribution in [-0.2, 0) is 0 Å². The minimum absolute atomic E-state index is 0.0177. The molecule has 0 atom stereocenters. The van der Waals surface area contributed by atoms with E-state index in [1.165, 1.54) is 12.1 Å². The van der Waals surface area contributed by atoms with Gasteiger partial charge in [-0.05, 0) is 31.2 Å². The van der Waals surface area contributed by atoms with Gasteiger partial charge in [0.2, 0.25) is 0 Å². The minimum atomic E-state index is -0.443. The van der Waals surface area contributed by atoms with E-state index in [1.54, 1.807) is 41.2 Å². The number of rotatable bonds is 4. The number of carbonyl (C=O) groups excluding carboxylic acids is 1. The van der Waals surface area contributed by atoms with Gasteiger partial charge in [0.25, 0.3) is 11.6 Å². The lowest BCUT2D eigenvalue weighted by molar-refractivity contribution is -0.385. The fourth-order valence-electron chi connectivity index (χ4n) is 3.33. The Morgan fingerprint density at radius 1 is 1.07 bits per heavy atom. The number of aryl methyl sites for hydroxylation is 1. The lowest BCUT2D eigenvalue weighted by atomic mass is 10.1. The molecule has 10 nitrogen and oxygen atoms in total. The molecule has 4 rings (SSSR count). The van der Waals surface area contributed by atoms with E-state index < -0.39 is 4.92 Å². The molecule has 3 heterocycles. The van der Waals surface area contributed by atoms with Gasteiger partial charge in [0, 0.05) is 55.8 Å². The predicted octanol–water partition coefficient (Wildman–Crippen LogP) is 1.84. The topological polar surface area (TPSA) is 110 Å². The number of hydrogen-bond acceptors (Lipinski definition) is 7. The number of hydrogen-bond donors (Lipinski definition) is 0. The number of carbonyl (C=O) groups is 1. The Balaban J connectivity index is 1.39. The number of imidazole rings is 1. The highest BCUT2D eigenvalue weighted by Crippen LogP contribution is 2.21. The lowest BCUT2D eigenvalue weighted by Crippen LogP contribution is -2.49. The molecule has 0 N–H and O–H groups in total. The molecule has 1 aromatic carbocycles. The average molecular weight is 393 g/mol. The van der Waals surface area contributed by atoms with Gasteiger partial charge < -0.3 is 9.80 Å². The summed E-state index contributed by atoms with van der Waals surface area (Å²) in [5.74, 6) is 1.32. The Hall–Kier alpha value is -3.82. The molecule has 0 bridgehead atoms. The molecule has 1 aliphatic rings. The van der Waals surface area contributed by atoms with Gasteiger partial charge in [-0.1, -0.05) is 0 Å². The molecule has 148 valence electrons. The van der Waals surface area contributed by atoms with Crippen molar-refractivity contribution in [3.05, 3.63) is 70.3 Å². The van der Waals surface area contributed by atoms with Crippen LogP contribution < -0.4 is 4.90 Å². The third-order valence-corrected chi connectivity index (χ3v) is 4.94. The summed E-state index contributed by atoms with van der Waals surface area (Å²) in [7, 11) is 0. The molecule has 1 aliphatic heterocycles. The van der Waals surface area contributed by atoms with Crippen molar-refractivity contribution in [2.75, 3.05) is 31.1 Å². The quantitative estimate of drug-likeness (QED) is 0.491. The largest absolute Gasteiger partial charge is 0.352 e. The fraction of sp³-hybridized carbons (Fsp3) is 0.263. The molecule has 1 fully saturated rings. The minimum Gasteiger partial charge on any atom is -0.352 e. The van der Waals surface area contributed by atoms with E-state index in [0.29, 0.717) is 43.1 Å². The maximum atomic E-state index is 12.8. The first-order chi connectivity index (χ1) is 14.0. The van der Waals surface area contributed by atoms with Crippen molar-refractivity contribution in [2.45, 2.75) is 6.92 Å². The van der Waals surface area contributed by atoms with Gasteiger partial charge in [0.05, 0.1) is 4.92 Å². The van der Waals surface area contributed by atoms with Crippen molar-refractivity contribution in [1.29, 1.82) is 0 Å². The first-order valence-electron chi connectivity index (χ1n) is 9.14. The number of nitro benzene ring substituents is 1. The molecule has 29 heavy (non-hydrogen) atoms. The number of nitro groups is 1. The van der Waals surface area contributed by atoms with Crippen molar-refractivity contribution in [3.63, 3.8) is 0 Å². The normalized spacial score (nSPS) is 14.1. The Morgan fingerprint density at radius 2 is 1.79 bits per heavy atom. The van der Waals surface area contributed by atoms with Crippen LogP contribution >= 0.6 is 0 Å². The molecule has 3 aromatic rings. The average Bonchev–Trinajstić information content (AvgIpc) is 3.28. The van der Waals surface area contributed by atoms with Crippen LogP contribution in [0.15, 0.2) is 49.1 Å². The van der Waals surface area contributed by atoms with Crippen molar-refractivity contribution in [1.82, 2.24) is 24.6 Å². The van der Waals surface area contributed by atoms with Gasteiger partial charge in [-0.3, -0.25) is 19.5 Å². The maximum absolute atomic E-state index is 12.8. The van der Waals surface area contributed by atoms with E-state index in [2.05, 4.69) is 20.1 Å². The smallest absolute Gasteiger partial charge is 0.272 e. The molecule has 0 saturated carbocycles. The lowest BCUT2D eigenvalue weighted by Gasteiger charge is -2.35. The predicted molar refractivity (Wildman–Crippen MR) is 105 cm³/mol. The van der Waals surface area contributed by atoms with E-state index in [0.717, 1.165) is 5.82 Å². The van der Waals surface area contributed by atoms with E-state index in [9.17, 15) is 14.9 Å². The van der Waals surface area contributed by atoms with E-state index in [4.69, 9.17) is 0 Å². The van der Waals surface area contributed by atoms with Gasteiger partial charge in [-0.2, -0.15) is 0 Å². The van der Waals surface area contributed by atoms with Gasteiger partial charge in [0.15, 0.2) is 11.6 Å². The summed E-state index contributed by atoms with van der Waals surface area (Å²) < 4.78 is 1.78. The Bertz CT molecular complexity index is 1030. The summed E-state index contributed by atoms with van der Waals surface area (Å²) in [6.45, 7) is 3.99. The zero-order valence-electron chi connectivity index (χ0n) is 15.8. The standard InChI is InChI=1S/C19H19N7O3/c1-14-12-15(2-3-16(14)26(28)29)19(27)24-10-8-23(9-11-24)17-4-5-18(22-21-17)25-7-6-20-13-25/h2-7,12-13H,8-11H2,1H3. The van der Waals surface area contributed by atoms with Crippen LogP contribution in [-0.4, -0.2) is 61.7 Å². The van der Waals surface area contributed by atoms with Crippen LogP contribution in [0.1, 0.15) is 15.9 Å². The molecule has 0 spiro atoms. The summed E-state index contributed by atoms with van der Waals surface area (Å²) in [6.07, 6.45) is 5.14.